The molecular weight excluding hydrogens is 1830 g/mol. The van der Waals surface area contributed by atoms with Crippen LogP contribution in [0.25, 0.3) is 10.8 Å². The molecule has 7 rings (SSSR count). The van der Waals surface area contributed by atoms with Gasteiger partial charge in [-0.3, -0.25) is 56.2 Å². The Hall–Kier alpha value is -8.44. The molecule has 7 aromatic rings. The van der Waals surface area contributed by atoms with Crippen molar-refractivity contribution in [3.8, 4) is 34.5 Å². The molecule has 30 nitrogen and oxygen atoms in total. The summed E-state index contributed by atoms with van der Waals surface area (Å²) in [4.78, 5) is 71.7. The first kappa shape index (κ1) is 122. The molecule has 0 fully saturated rings. The molecule has 0 aromatic heterocycles. The standard InChI is InChI=1S/C22H32NO4P.C16H26NO4P.4C15H24NO4P/c1-16(20(24)26-15-21(2,3)4)23-28(25,22(5,6)7)27-19-14-10-12-17-11-8-9-13-18(17)19;1-12(2)20-15(18)13(3)17-22(19,16(4,5)6)21-14-10-8-7-9-11-14;4*1-11(2)19-15(17)13(5)16-21(18,12(3)4)20-14-9-7-6-8-10-14/h8-14,16H,15H2,1-7H3,(H,23,25);7-13H,1-6H3,(H,17,19);4*6-13H,1-5H3,(H,16,18)/t16-,28?;13-,22-;2*13-,21?;2*13-,21+/m001010/s1. The van der Waals surface area contributed by atoms with E-state index in [9.17, 15) is 56.2 Å². The number of esters is 6. The molecule has 6 N–H and O–H groups in total. The van der Waals surface area contributed by atoms with Gasteiger partial charge in [-0.25, -0.2) is 30.5 Å². The Morgan fingerprint density at radius 1 is 0.254 bits per heavy atom. The molecule has 0 aliphatic heterocycles. The molecule has 3 unspecified atom stereocenters. The van der Waals surface area contributed by atoms with Crippen LogP contribution in [0.4, 0.5) is 0 Å². The molecule has 750 valence electrons. The maximum absolute atomic E-state index is 13.8. The Balaban J connectivity index is 0.000000546. The summed E-state index contributed by atoms with van der Waals surface area (Å²) in [5, 5.41) is 17.5. The molecule has 0 heterocycles. The monoisotopic (exact) mass is 1980 g/mol. The third-order valence-corrected chi connectivity index (χ3v) is 34.4. The molecule has 0 aliphatic carbocycles. The number of fused-ring (bicyclic) bond motifs is 1. The van der Waals surface area contributed by atoms with Crippen LogP contribution in [-0.4, -0.2) is 142 Å². The highest BCUT2D eigenvalue weighted by Gasteiger charge is 2.45. The number of nitrogens with one attached hydrogen (secondary N) is 6. The van der Waals surface area contributed by atoms with Crippen molar-refractivity contribution in [2.45, 2.75) is 328 Å². The summed E-state index contributed by atoms with van der Waals surface area (Å²) in [6.45, 7) is 59.0. The van der Waals surface area contributed by atoms with Crippen molar-refractivity contribution < 1.29 is 112 Å². The minimum atomic E-state index is -3.45. The minimum Gasteiger partial charge on any atom is -0.464 e. The zero-order valence-electron chi connectivity index (χ0n) is 84.8. The fraction of sp³-hybridized carbons (Fsp3) is 0.531. The van der Waals surface area contributed by atoms with E-state index in [2.05, 4.69) is 30.5 Å². The predicted octanol–water partition coefficient (Wildman–Crippen LogP) is 24.2. The van der Waals surface area contributed by atoms with Gasteiger partial charge in [-0.2, -0.15) is 0 Å². The van der Waals surface area contributed by atoms with Crippen LogP contribution in [0.3, 0.4) is 0 Å². The average molecular weight is 1990 g/mol. The smallest absolute Gasteiger partial charge is 0.323 e. The molecule has 0 aliphatic rings. The van der Waals surface area contributed by atoms with Crippen LogP contribution >= 0.6 is 45.1 Å². The molecular formula is C98H154N6O24P6. The highest BCUT2D eigenvalue weighted by molar-refractivity contribution is 7.60. The second-order valence-electron chi connectivity index (χ2n) is 37.5. The SMILES string of the molecule is CC(C)OC(=O)[C@@H](C)NP(=O)(Oc1ccccc1)C(C)C.CC(C)OC(=O)[C@@H](C)N[P@@](=O)(Oc1ccccc1)C(C)C.CC(C)OC(=O)[C@H](C)NP(=O)(Oc1ccccc1)C(C)C.CC(C)OC(=O)[C@H](C)N[P@@](=O)(Oc1ccccc1)C(C)(C)C.CC(C)OC(=O)[C@H](C)N[P@](=O)(Oc1ccccc1)C(C)C.C[C@H](NP(=O)(Oc1cccc2ccccc12)C(C)(C)C)C(=O)OCC(C)(C)C. The summed E-state index contributed by atoms with van der Waals surface area (Å²) >= 11 is 0. The number of ether oxygens (including phenoxy) is 6. The van der Waals surface area contributed by atoms with Gasteiger partial charge in [0.25, 0.3) is 0 Å². The number of carbonyl (C=O) groups excluding carboxylic acids is 6. The first-order valence-electron chi connectivity index (χ1n) is 45.2. The van der Waals surface area contributed by atoms with Crippen LogP contribution in [0, 0.1) is 5.41 Å². The molecule has 0 spiro atoms. The van der Waals surface area contributed by atoms with Gasteiger partial charge in [-0.15, -0.1) is 0 Å². The van der Waals surface area contributed by atoms with Gasteiger partial charge < -0.3 is 55.6 Å². The minimum absolute atomic E-state index is 0.136. The predicted molar refractivity (Wildman–Crippen MR) is 538 cm³/mol. The van der Waals surface area contributed by atoms with Crippen molar-refractivity contribution in [1.82, 2.24) is 30.5 Å². The van der Waals surface area contributed by atoms with E-state index in [1.807, 2.05) is 129 Å². The first-order valence-corrected chi connectivity index (χ1v) is 55.2. The largest absolute Gasteiger partial charge is 0.464 e. The number of carbonyl (C=O) groups is 6. The van der Waals surface area contributed by atoms with Crippen molar-refractivity contribution in [2.24, 2.45) is 5.41 Å². The summed E-state index contributed by atoms with van der Waals surface area (Å²) in [5.74, 6) is 0.389. The quantitative estimate of drug-likeness (QED) is 0.0118. The van der Waals surface area contributed by atoms with E-state index in [1.165, 1.54) is 0 Å². The number of hydrogen-bond acceptors (Lipinski definition) is 24. The Kier molecular flexibility index (Phi) is 51.2. The second-order valence-corrected chi connectivity index (χ2v) is 53.9. The van der Waals surface area contributed by atoms with Gasteiger partial charge in [0.05, 0.1) is 70.1 Å². The fourth-order valence-corrected chi connectivity index (χ4v) is 20.5. The van der Waals surface area contributed by atoms with E-state index >= 15 is 0 Å². The van der Waals surface area contributed by atoms with Crippen molar-refractivity contribution >= 4 is 91.7 Å². The van der Waals surface area contributed by atoms with Crippen LogP contribution < -0.4 is 57.7 Å². The molecule has 36 heteroatoms. The molecule has 12 atom stereocenters. The van der Waals surface area contributed by atoms with Gasteiger partial charge in [0, 0.05) is 5.39 Å². The van der Waals surface area contributed by atoms with E-state index in [0.29, 0.717) is 41.1 Å². The molecule has 0 radical (unpaired) electrons. The third kappa shape index (κ3) is 44.4. The zero-order valence-corrected chi connectivity index (χ0v) is 90.2. The van der Waals surface area contributed by atoms with E-state index in [0.717, 1.165) is 10.8 Å². The summed E-state index contributed by atoms with van der Waals surface area (Å²) in [6.07, 6.45) is -1.07. The van der Waals surface area contributed by atoms with Crippen LogP contribution in [0.1, 0.15) is 228 Å². The lowest BCUT2D eigenvalue weighted by Gasteiger charge is -2.33. The van der Waals surface area contributed by atoms with Crippen molar-refractivity contribution in [2.75, 3.05) is 6.61 Å². The summed E-state index contributed by atoms with van der Waals surface area (Å²) < 4.78 is 144. The van der Waals surface area contributed by atoms with Gasteiger partial charge in [-0.05, 0) is 230 Å². The van der Waals surface area contributed by atoms with Crippen LogP contribution in [0.15, 0.2) is 194 Å². The number of rotatable bonds is 40. The summed E-state index contributed by atoms with van der Waals surface area (Å²) in [7, 11) is -19.7. The summed E-state index contributed by atoms with van der Waals surface area (Å²) in [6, 6.07) is 53.7. The highest BCUT2D eigenvalue weighted by Crippen LogP contribution is 2.58. The number of benzene rings is 7. The molecule has 0 amide bonds. The van der Waals surface area contributed by atoms with Crippen molar-refractivity contribution in [1.29, 1.82) is 0 Å². The Morgan fingerprint density at radius 2 is 0.463 bits per heavy atom. The zero-order chi connectivity index (χ0) is 102. The molecule has 0 saturated carbocycles. The normalized spacial score (nSPS) is 15.7. The Bertz CT molecular complexity index is 4630. The van der Waals surface area contributed by atoms with E-state index in [-0.39, 0.29) is 58.6 Å². The second kappa shape index (κ2) is 56.4. The van der Waals surface area contributed by atoms with E-state index in [4.69, 9.17) is 55.6 Å². The lowest BCUT2D eigenvalue weighted by Crippen LogP contribution is -2.40. The molecule has 0 bridgehead atoms. The third-order valence-electron chi connectivity index (χ3n) is 18.1. The van der Waals surface area contributed by atoms with Gasteiger partial charge in [0.2, 0.25) is 0 Å². The van der Waals surface area contributed by atoms with Gasteiger partial charge in [0.1, 0.15) is 70.7 Å². The lowest BCUT2D eigenvalue weighted by atomic mass is 9.99. The van der Waals surface area contributed by atoms with Gasteiger partial charge in [-0.1, -0.05) is 204 Å². The van der Waals surface area contributed by atoms with Crippen LogP contribution in [-0.2, 0) is 84.6 Å². The molecule has 7 aromatic carbocycles. The molecule has 134 heavy (non-hydrogen) atoms. The van der Waals surface area contributed by atoms with Crippen LogP contribution in [0.2, 0.25) is 0 Å². The van der Waals surface area contributed by atoms with Crippen LogP contribution in [0.5, 0.6) is 34.5 Å². The Morgan fingerprint density at radius 3 is 0.694 bits per heavy atom. The lowest BCUT2D eigenvalue weighted by molar-refractivity contribution is -0.149. The van der Waals surface area contributed by atoms with Crippen molar-refractivity contribution in [3.63, 3.8) is 0 Å². The Labute approximate surface area is 798 Å². The maximum Gasteiger partial charge on any atom is 0.323 e. The molecule has 0 saturated heterocycles. The van der Waals surface area contributed by atoms with E-state index in [1.54, 1.807) is 294 Å². The first-order chi connectivity index (χ1) is 61.8. The summed E-state index contributed by atoms with van der Waals surface area (Å²) in [5.41, 5.74) is -1.22. The number of hydrogen-bond donors (Lipinski definition) is 6. The van der Waals surface area contributed by atoms with Gasteiger partial charge >= 0.3 is 80.9 Å². The van der Waals surface area contributed by atoms with Crippen molar-refractivity contribution in [3.05, 3.63) is 194 Å². The van der Waals surface area contributed by atoms with E-state index < -0.39 is 127 Å². The topological polar surface area (TPSA) is 388 Å². The number of para-hydroxylation sites is 5. The maximum atomic E-state index is 13.8. The van der Waals surface area contributed by atoms with Gasteiger partial charge in [0.15, 0.2) is 0 Å². The fourth-order valence-electron chi connectivity index (χ4n) is 10.4. The highest BCUT2D eigenvalue weighted by atomic mass is 31.2. The average Bonchev–Trinajstić information content (AvgIpc) is 0.788.